The van der Waals surface area contributed by atoms with Crippen molar-refractivity contribution >= 4 is 56.3 Å². The third-order valence-corrected chi connectivity index (χ3v) is 10.3. The second-order valence-electron chi connectivity index (χ2n) is 10.2. The number of aromatic carboxylic acids is 1. The number of hydrogen-bond donors (Lipinski definition) is 4. The number of aliphatic carboxylic acids is 1. The van der Waals surface area contributed by atoms with Crippen molar-refractivity contribution in [2.75, 3.05) is 24.2 Å². The number of halogens is 1. The van der Waals surface area contributed by atoms with Crippen LogP contribution in [0, 0.1) is 0 Å². The number of ether oxygens (including phenoxy) is 1. The average molecular weight is 608 g/mol. The lowest BCUT2D eigenvalue weighted by atomic mass is 9.89. The summed E-state index contributed by atoms with van der Waals surface area (Å²) < 4.78 is 33.4. The highest BCUT2D eigenvalue weighted by molar-refractivity contribution is 7.88. The Balaban J connectivity index is 1.50. The van der Waals surface area contributed by atoms with E-state index in [0.717, 1.165) is 17.0 Å². The molecule has 4 rings (SSSR count). The van der Waals surface area contributed by atoms with Crippen molar-refractivity contribution in [3.05, 3.63) is 64.0 Å². The van der Waals surface area contributed by atoms with E-state index in [2.05, 4.69) is 5.32 Å². The van der Waals surface area contributed by atoms with Gasteiger partial charge in [0, 0.05) is 29.5 Å². The van der Waals surface area contributed by atoms with Crippen LogP contribution in [0.3, 0.4) is 0 Å². The zero-order chi connectivity index (χ0) is 29.2. The van der Waals surface area contributed by atoms with Crippen LogP contribution in [-0.4, -0.2) is 59.6 Å². The van der Waals surface area contributed by atoms with Crippen molar-refractivity contribution in [2.45, 2.75) is 44.0 Å². The number of rotatable bonds is 10. The number of sulfonamides is 1. The van der Waals surface area contributed by atoms with E-state index >= 15 is 0 Å². The first-order valence-electron chi connectivity index (χ1n) is 12.4. The smallest absolute Gasteiger partial charge is 0.349 e. The highest BCUT2D eigenvalue weighted by Gasteiger charge is 2.41. The third-order valence-electron chi connectivity index (χ3n) is 6.58. The van der Waals surface area contributed by atoms with Crippen molar-refractivity contribution in [1.29, 1.82) is 0 Å². The van der Waals surface area contributed by atoms with Crippen molar-refractivity contribution in [3.63, 3.8) is 0 Å². The molecule has 3 aromatic rings. The van der Waals surface area contributed by atoms with E-state index in [-0.39, 0.29) is 27.4 Å². The number of hydrogen-bond acceptors (Lipinski definition) is 8. The van der Waals surface area contributed by atoms with Crippen LogP contribution in [0.15, 0.2) is 48.5 Å². The van der Waals surface area contributed by atoms with Crippen LogP contribution in [0.5, 0.6) is 5.75 Å². The van der Waals surface area contributed by atoms with Gasteiger partial charge in [0.1, 0.15) is 5.02 Å². The molecule has 40 heavy (non-hydrogen) atoms. The predicted molar refractivity (Wildman–Crippen MR) is 156 cm³/mol. The molecule has 1 aromatic heterocycles. The number of carboxylic acid groups (broad SMARTS) is 2. The van der Waals surface area contributed by atoms with Crippen LogP contribution in [0.1, 0.15) is 41.9 Å². The first kappa shape index (κ1) is 29.7. The highest BCUT2D eigenvalue weighted by atomic mass is 35.5. The van der Waals surface area contributed by atoms with Gasteiger partial charge in [-0.3, -0.25) is 0 Å². The first-order valence-corrected chi connectivity index (χ1v) is 15.2. The molecule has 0 unspecified atom stereocenters. The number of benzene rings is 2. The molecule has 0 spiro atoms. The quantitative estimate of drug-likeness (QED) is 0.233. The average Bonchev–Trinajstić information content (AvgIpc) is 3.18. The standard InChI is InChI=1S/C27H30ClN3O7S2/c1-27(2)13-20(9-10-31(27)40(36,37)15-16-5-3-7-18(29)11-16)30-19-8-4-6-17(12-19)24-22(28)23(38-14-21(32)33)25(39-24)26(34)35/h3-8,11-12,20,30H,9-10,13-15,29H2,1-2H3,(H,32,33)(H,34,35)/t20-/m0/s1. The van der Waals surface area contributed by atoms with E-state index in [0.29, 0.717) is 41.1 Å². The minimum Gasteiger partial charge on any atom is -0.479 e. The Hall–Kier alpha value is -3.32. The lowest BCUT2D eigenvalue weighted by Gasteiger charge is -2.45. The fourth-order valence-corrected chi connectivity index (χ4v) is 8.33. The van der Waals surface area contributed by atoms with Gasteiger partial charge in [-0.15, -0.1) is 11.3 Å². The number of carbonyl (C=O) groups is 2. The summed E-state index contributed by atoms with van der Waals surface area (Å²) in [5.41, 5.74) is 7.73. The Morgan fingerprint density at radius 3 is 2.58 bits per heavy atom. The summed E-state index contributed by atoms with van der Waals surface area (Å²) in [4.78, 5) is 22.9. The summed E-state index contributed by atoms with van der Waals surface area (Å²) in [6.07, 6.45) is 1.14. The maximum atomic E-state index is 13.3. The van der Waals surface area contributed by atoms with E-state index in [1.165, 1.54) is 0 Å². The minimum absolute atomic E-state index is 0.0214. The largest absolute Gasteiger partial charge is 0.479 e. The van der Waals surface area contributed by atoms with Crippen molar-refractivity contribution in [1.82, 2.24) is 4.31 Å². The van der Waals surface area contributed by atoms with Crippen molar-refractivity contribution in [2.24, 2.45) is 0 Å². The van der Waals surface area contributed by atoms with E-state index in [4.69, 9.17) is 27.2 Å². The van der Waals surface area contributed by atoms with Crippen molar-refractivity contribution < 1.29 is 33.0 Å². The predicted octanol–water partition coefficient (Wildman–Crippen LogP) is 5.00. The van der Waals surface area contributed by atoms with Gasteiger partial charge in [0.2, 0.25) is 10.0 Å². The van der Waals surface area contributed by atoms with Crippen LogP contribution < -0.4 is 15.8 Å². The molecule has 0 radical (unpaired) electrons. The molecule has 0 amide bonds. The molecule has 2 aromatic carbocycles. The lowest BCUT2D eigenvalue weighted by molar-refractivity contribution is -0.139. The van der Waals surface area contributed by atoms with Crippen LogP contribution in [0.2, 0.25) is 5.02 Å². The zero-order valence-corrected chi connectivity index (χ0v) is 24.3. The summed E-state index contributed by atoms with van der Waals surface area (Å²) in [7, 11) is -3.58. The second kappa shape index (κ2) is 11.7. The Kier molecular flexibility index (Phi) is 8.64. The fraction of sp³-hybridized carbons (Fsp3) is 0.333. The first-order chi connectivity index (χ1) is 18.8. The number of thiophene rings is 1. The number of piperidine rings is 1. The van der Waals surface area contributed by atoms with Gasteiger partial charge in [0.15, 0.2) is 17.2 Å². The molecule has 2 heterocycles. The lowest BCUT2D eigenvalue weighted by Crippen LogP contribution is -2.55. The summed E-state index contributed by atoms with van der Waals surface area (Å²) in [6.45, 7) is 3.44. The van der Waals surface area contributed by atoms with Gasteiger partial charge in [-0.05, 0) is 62.1 Å². The molecule has 1 aliphatic heterocycles. The van der Waals surface area contributed by atoms with Gasteiger partial charge in [-0.1, -0.05) is 35.9 Å². The van der Waals surface area contributed by atoms with E-state index < -0.39 is 34.1 Å². The third kappa shape index (κ3) is 6.69. The van der Waals surface area contributed by atoms with Gasteiger partial charge in [-0.2, -0.15) is 4.31 Å². The Bertz CT molecular complexity index is 1540. The molecule has 214 valence electrons. The molecule has 1 aliphatic rings. The van der Waals surface area contributed by atoms with Crippen LogP contribution in [0.25, 0.3) is 10.4 Å². The fourth-order valence-electron chi connectivity index (χ4n) is 4.96. The molecular formula is C27H30ClN3O7S2. The summed E-state index contributed by atoms with van der Waals surface area (Å²) in [5.74, 6) is -2.83. The Morgan fingerprint density at radius 1 is 1.20 bits per heavy atom. The highest BCUT2D eigenvalue weighted by Crippen LogP contribution is 2.46. The Labute approximate surface area is 241 Å². The Morgan fingerprint density at radius 2 is 1.93 bits per heavy atom. The summed E-state index contributed by atoms with van der Waals surface area (Å²) in [6, 6.07) is 14.1. The van der Waals surface area contributed by atoms with Gasteiger partial charge in [-0.25, -0.2) is 18.0 Å². The van der Waals surface area contributed by atoms with Crippen LogP contribution >= 0.6 is 22.9 Å². The molecule has 1 atom stereocenters. The topological polar surface area (TPSA) is 159 Å². The minimum atomic E-state index is -3.58. The van der Waals surface area contributed by atoms with Crippen LogP contribution in [-0.2, 0) is 20.6 Å². The molecule has 10 nitrogen and oxygen atoms in total. The van der Waals surface area contributed by atoms with Crippen molar-refractivity contribution in [3.8, 4) is 16.2 Å². The van der Waals surface area contributed by atoms with E-state index in [1.54, 1.807) is 40.7 Å². The zero-order valence-electron chi connectivity index (χ0n) is 21.9. The molecule has 5 N–H and O–H groups in total. The van der Waals surface area contributed by atoms with E-state index in [9.17, 15) is 23.1 Å². The maximum absolute atomic E-state index is 13.3. The molecule has 1 fully saturated rings. The molecule has 1 saturated heterocycles. The van der Waals surface area contributed by atoms with Crippen LogP contribution in [0.4, 0.5) is 11.4 Å². The molecule has 13 heteroatoms. The number of nitrogens with two attached hydrogens (primary N) is 1. The number of nitrogens with one attached hydrogen (secondary N) is 1. The second-order valence-corrected chi connectivity index (χ2v) is 13.5. The molecule has 0 bridgehead atoms. The number of carboxylic acids is 2. The number of nitrogens with zero attached hydrogens (tertiary/aromatic N) is 1. The number of anilines is 2. The molecule has 0 aliphatic carbocycles. The maximum Gasteiger partial charge on any atom is 0.349 e. The summed E-state index contributed by atoms with van der Waals surface area (Å²) in [5, 5.41) is 22.0. The monoisotopic (exact) mass is 607 g/mol. The number of nitrogen functional groups attached to an aromatic ring is 1. The van der Waals surface area contributed by atoms with E-state index in [1.807, 2.05) is 26.0 Å². The molecular weight excluding hydrogens is 578 g/mol. The van der Waals surface area contributed by atoms with Gasteiger partial charge in [0.05, 0.1) is 10.6 Å². The van der Waals surface area contributed by atoms with Gasteiger partial charge >= 0.3 is 11.9 Å². The van der Waals surface area contributed by atoms with Gasteiger partial charge in [0.25, 0.3) is 0 Å². The summed E-state index contributed by atoms with van der Waals surface area (Å²) >= 11 is 7.34. The SMILES string of the molecule is CC1(C)C[C@@H](Nc2cccc(-c3sc(C(=O)O)c(OCC(=O)O)c3Cl)c2)CCN1S(=O)(=O)Cc1cccc(N)c1. The normalized spacial score (nSPS) is 17.3. The molecule has 0 saturated carbocycles. The van der Waals surface area contributed by atoms with Gasteiger partial charge < -0.3 is 26.0 Å².